The van der Waals surface area contributed by atoms with Gasteiger partial charge in [-0.3, -0.25) is 0 Å². The van der Waals surface area contributed by atoms with Gasteiger partial charge in [0.1, 0.15) is 0 Å². The number of rotatable bonds is 1. The molecule has 0 saturated carbocycles. The molecule has 52 valence electrons. The van der Waals surface area contributed by atoms with E-state index in [4.69, 9.17) is 5.73 Å². The van der Waals surface area contributed by atoms with Crippen LogP contribution in [0, 0.1) is 0 Å². The van der Waals surface area contributed by atoms with Gasteiger partial charge in [0.15, 0.2) is 0 Å². The van der Waals surface area contributed by atoms with Crippen molar-refractivity contribution in [3.63, 3.8) is 0 Å². The summed E-state index contributed by atoms with van der Waals surface area (Å²) in [5.74, 6) is 0. The van der Waals surface area contributed by atoms with Crippen molar-refractivity contribution in [2.45, 2.75) is 18.9 Å². The first-order chi connectivity index (χ1) is 3.43. The summed E-state index contributed by atoms with van der Waals surface area (Å²) >= 11 is 0. The summed E-state index contributed by atoms with van der Waals surface area (Å²) in [5.41, 5.74) is 5.34. The Bertz CT molecular complexity index is 52.4. The van der Waals surface area contributed by atoms with Gasteiger partial charge in [0, 0.05) is 21.1 Å². The molecule has 0 aromatic rings. The number of hydrogen-bond donors (Lipinski definition) is 1. The van der Waals surface area contributed by atoms with Crippen LogP contribution in [0.3, 0.4) is 0 Å². The van der Waals surface area contributed by atoms with Gasteiger partial charge in [-0.05, 0) is 6.54 Å². The summed E-state index contributed by atoms with van der Waals surface area (Å²) in [6.45, 7) is 1.79. The molecular formula is C5H11N2Pt-. The molecule has 0 radical (unpaired) electrons. The Morgan fingerprint density at radius 3 is 2.62 bits per heavy atom. The number of nitrogens with zero attached hydrogens (tertiary/aromatic N) is 1. The van der Waals surface area contributed by atoms with Gasteiger partial charge >= 0.3 is 0 Å². The van der Waals surface area contributed by atoms with Crippen molar-refractivity contribution in [2.24, 2.45) is 5.73 Å². The SMILES string of the molecule is NCC1CCC[N-]1.[Pt]. The van der Waals surface area contributed by atoms with E-state index in [1.807, 2.05) is 0 Å². The maximum absolute atomic E-state index is 5.34. The molecule has 1 aliphatic rings. The molecule has 2 N–H and O–H groups in total. The number of nitrogens with two attached hydrogens (primary N) is 1. The Kier molecular flexibility index (Phi) is 4.82. The molecule has 1 atom stereocenters. The normalized spacial score (nSPS) is 27.4. The van der Waals surface area contributed by atoms with E-state index in [9.17, 15) is 0 Å². The maximum Gasteiger partial charge on any atom is 0 e. The topological polar surface area (TPSA) is 40.1 Å². The Balaban J connectivity index is 0.000000490. The fourth-order valence-corrected chi connectivity index (χ4v) is 0.884. The van der Waals surface area contributed by atoms with Crippen molar-refractivity contribution in [1.29, 1.82) is 0 Å². The van der Waals surface area contributed by atoms with Gasteiger partial charge in [0.25, 0.3) is 0 Å². The molecule has 8 heavy (non-hydrogen) atoms. The minimum atomic E-state index is 0. The third-order valence-electron chi connectivity index (χ3n) is 1.35. The van der Waals surface area contributed by atoms with E-state index < -0.39 is 0 Å². The van der Waals surface area contributed by atoms with E-state index in [2.05, 4.69) is 5.32 Å². The Morgan fingerprint density at radius 2 is 2.38 bits per heavy atom. The van der Waals surface area contributed by atoms with Crippen LogP contribution in [0.2, 0.25) is 0 Å². The van der Waals surface area contributed by atoms with E-state index in [-0.39, 0.29) is 21.1 Å². The van der Waals surface area contributed by atoms with Crippen molar-refractivity contribution in [2.75, 3.05) is 13.1 Å². The van der Waals surface area contributed by atoms with Crippen molar-refractivity contribution in [1.82, 2.24) is 0 Å². The largest absolute Gasteiger partial charge is 0.658 e. The first-order valence-electron chi connectivity index (χ1n) is 2.80. The Labute approximate surface area is 64.5 Å². The Hall–Kier alpha value is 0.608. The summed E-state index contributed by atoms with van der Waals surface area (Å²) in [6, 6.07) is 0.500. The molecule has 1 saturated heterocycles. The second kappa shape index (κ2) is 4.48. The zero-order valence-corrected chi connectivity index (χ0v) is 7.02. The molecule has 0 aliphatic carbocycles. The molecule has 1 rings (SSSR count). The molecule has 3 heteroatoms. The monoisotopic (exact) mass is 294 g/mol. The Morgan fingerprint density at radius 1 is 1.62 bits per heavy atom. The third-order valence-corrected chi connectivity index (χ3v) is 1.35. The molecular weight excluding hydrogens is 283 g/mol. The van der Waals surface area contributed by atoms with E-state index in [1.165, 1.54) is 12.8 Å². The van der Waals surface area contributed by atoms with Crippen molar-refractivity contribution in [3.8, 4) is 0 Å². The van der Waals surface area contributed by atoms with Crippen LogP contribution in [0.25, 0.3) is 5.32 Å². The van der Waals surface area contributed by atoms with Crippen molar-refractivity contribution >= 4 is 0 Å². The smallest absolute Gasteiger partial charge is 0 e. The van der Waals surface area contributed by atoms with Crippen LogP contribution in [0.5, 0.6) is 0 Å². The molecule has 0 bridgehead atoms. The fraction of sp³-hybridized carbons (Fsp3) is 1.00. The van der Waals surface area contributed by atoms with Gasteiger partial charge in [-0.25, -0.2) is 0 Å². The van der Waals surface area contributed by atoms with E-state index in [0.717, 1.165) is 13.1 Å². The van der Waals surface area contributed by atoms with E-state index in [0.29, 0.717) is 6.04 Å². The predicted octanol–water partition coefficient (Wildman–Crippen LogP) is 0.479. The summed E-state index contributed by atoms with van der Waals surface area (Å²) in [4.78, 5) is 0. The minimum absolute atomic E-state index is 0. The van der Waals surface area contributed by atoms with Crippen LogP contribution < -0.4 is 5.73 Å². The van der Waals surface area contributed by atoms with Gasteiger partial charge in [0.2, 0.25) is 0 Å². The average Bonchev–Trinajstić information content (AvgIpc) is 2.14. The van der Waals surface area contributed by atoms with Gasteiger partial charge in [-0.15, -0.1) is 12.6 Å². The van der Waals surface area contributed by atoms with Crippen LogP contribution >= 0.6 is 0 Å². The standard InChI is InChI=1S/C5H11N2.Pt/c6-4-5-2-1-3-7-5;/h5H,1-4,6H2;/q-1;. The summed E-state index contributed by atoms with van der Waals surface area (Å²) < 4.78 is 0. The van der Waals surface area contributed by atoms with Crippen LogP contribution in [0.15, 0.2) is 0 Å². The number of hydrogen-bond acceptors (Lipinski definition) is 1. The first-order valence-corrected chi connectivity index (χ1v) is 2.80. The minimum Gasteiger partial charge on any atom is -0.658 e. The summed E-state index contributed by atoms with van der Waals surface area (Å²) in [6.07, 6.45) is 2.47. The molecule has 0 aromatic carbocycles. The molecule has 1 aliphatic heterocycles. The van der Waals surface area contributed by atoms with Gasteiger partial charge in [-0.2, -0.15) is 0 Å². The first kappa shape index (κ1) is 8.61. The van der Waals surface area contributed by atoms with E-state index >= 15 is 0 Å². The summed E-state index contributed by atoms with van der Waals surface area (Å²) in [5, 5.41) is 4.23. The second-order valence-corrected chi connectivity index (χ2v) is 1.94. The molecule has 1 heterocycles. The van der Waals surface area contributed by atoms with E-state index in [1.54, 1.807) is 0 Å². The summed E-state index contributed by atoms with van der Waals surface area (Å²) in [7, 11) is 0. The third kappa shape index (κ3) is 2.25. The zero-order chi connectivity index (χ0) is 5.11. The maximum atomic E-state index is 5.34. The molecule has 0 amide bonds. The molecule has 1 fully saturated rings. The van der Waals surface area contributed by atoms with Gasteiger partial charge < -0.3 is 11.1 Å². The average molecular weight is 294 g/mol. The molecule has 0 aromatic heterocycles. The molecule has 1 unspecified atom stereocenters. The molecule has 2 nitrogen and oxygen atoms in total. The second-order valence-electron chi connectivity index (χ2n) is 1.94. The predicted molar refractivity (Wildman–Crippen MR) is 30.3 cm³/mol. The van der Waals surface area contributed by atoms with Crippen molar-refractivity contribution < 1.29 is 21.1 Å². The zero-order valence-electron chi connectivity index (χ0n) is 4.75. The quantitative estimate of drug-likeness (QED) is 0.751. The van der Waals surface area contributed by atoms with Crippen LogP contribution in [-0.4, -0.2) is 19.1 Å². The fourth-order valence-electron chi connectivity index (χ4n) is 0.884. The van der Waals surface area contributed by atoms with Crippen LogP contribution in [0.1, 0.15) is 12.8 Å². The van der Waals surface area contributed by atoms with Gasteiger partial charge in [0.05, 0.1) is 0 Å². The van der Waals surface area contributed by atoms with Crippen LogP contribution in [-0.2, 0) is 21.1 Å². The van der Waals surface area contributed by atoms with Gasteiger partial charge in [-0.1, -0.05) is 12.8 Å². The van der Waals surface area contributed by atoms with Crippen molar-refractivity contribution in [3.05, 3.63) is 5.32 Å². The molecule has 0 spiro atoms. The van der Waals surface area contributed by atoms with Crippen LogP contribution in [0.4, 0.5) is 0 Å².